The molecule has 1 fully saturated rings. The van der Waals surface area contributed by atoms with Gasteiger partial charge in [0.2, 0.25) is 5.91 Å². The summed E-state index contributed by atoms with van der Waals surface area (Å²) in [5, 5.41) is 8.85. The Morgan fingerprint density at radius 3 is 2.33 bits per heavy atom. The lowest BCUT2D eigenvalue weighted by Crippen LogP contribution is -2.39. The fourth-order valence-corrected chi connectivity index (χ4v) is 2.37. The predicted octanol–water partition coefficient (Wildman–Crippen LogP) is 1.08. The number of hydrogen-bond donors (Lipinski definition) is 1. The smallest absolute Gasteiger partial charge is 0.335 e. The summed E-state index contributed by atoms with van der Waals surface area (Å²) in [5.74, 6) is -1.32. The number of aromatic carboxylic acids is 1. The third-order valence-corrected chi connectivity index (χ3v) is 3.58. The highest BCUT2D eigenvalue weighted by Gasteiger charge is 2.24. The molecule has 1 saturated heterocycles. The van der Waals surface area contributed by atoms with Crippen LogP contribution in [0.1, 0.15) is 34.1 Å². The molecule has 0 spiro atoms. The van der Waals surface area contributed by atoms with E-state index < -0.39 is 5.97 Å². The van der Waals surface area contributed by atoms with Gasteiger partial charge in [0, 0.05) is 25.2 Å². The molecule has 0 unspecified atom stereocenters. The summed E-state index contributed by atoms with van der Waals surface area (Å²) in [4.78, 5) is 38.4. The number of hydrogen-bond acceptors (Lipinski definition) is 3. The van der Waals surface area contributed by atoms with Gasteiger partial charge in [-0.05, 0) is 37.6 Å². The van der Waals surface area contributed by atoms with Gasteiger partial charge in [-0.1, -0.05) is 0 Å². The van der Waals surface area contributed by atoms with Crippen molar-refractivity contribution >= 4 is 17.8 Å². The monoisotopic (exact) mass is 290 g/mol. The second kappa shape index (κ2) is 6.39. The van der Waals surface area contributed by atoms with Crippen molar-refractivity contribution in [1.82, 2.24) is 9.80 Å². The molecule has 21 heavy (non-hydrogen) atoms. The zero-order chi connectivity index (χ0) is 15.4. The fourth-order valence-electron chi connectivity index (χ4n) is 2.37. The SMILES string of the molecule is CCN1CCCN(C(=O)c2ccc(C(=O)O)cc2)CC1=O. The highest BCUT2D eigenvalue weighted by atomic mass is 16.4. The maximum atomic E-state index is 12.4. The van der Waals surface area contributed by atoms with Crippen molar-refractivity contribution < 1.29 is 19.5 Å². The summed E-state index contributed by atoms with van der Waals surface area (Å²) in [5.41, 5.74) is 0.536. The van der Waals surface area contributed by atoms with Crippen LogP contribution in [-0.4, -0.2) is 58.9 Å². The van der Waals surface area contributed by atoms with Crippen LogP contribution in [0.4, 0.5) is 0 Å². The van der Waals surface area contributed by atoms with Gasteiger partial charge in [0.1, 0.15) is 6.54 Å². The number of likely N-dealkylation sites (N-methyl/N-ethyl adjacent to an activating group) is 1. The third kappa shape index (κ3) is 3.39. The van der Waals surface area contributed by atoms with Crippen LogP contribution in [0.25, 0.3) is 0 Å². The van der Waals surface area contributed by atoms with Crippen LogP contribution in [0.3, 0.4) is 0 Å². The molecule has 6 nitrogen and oxygen atoms in total. The molecule has 2 amide bonds. The van der Waals surface area contributed by atoms with Crippen LogP contribution in [0.5, 0.6) is 0 Å². The van der Waals surface area contributed by atoms with E-state index in [2.05, 4.69) is 0 Å². The lowest BCUT2D eigenvalue weighted by atomic mass is 10.1. The molecule has 1 aliphatic heterocycles. The van der Waals surface area contributed by atoms with E-state index in [1.165, 1.54) is 29.2 Å². The molecule has 0 bridgehead atoms. The number of carbonyl (C=O) groups is 3. The molecule has 0 atom stereocenters. The summed E-state index contributed by atoms with van der Waals surface area (Å²) in [6.45, 7) is 3.83. The van der Waals surface area contributed by atoms with Crippen LogP contribution in [0, 0.1) is 0 Å². The molecular formula is C15H18N2O4. The fraction of sp³-hybridized carbons (Fsp3) is 0.400. The van der Waals surface area contributed by atoms with Gasteiger partial charge in [-0.15, -0.1) is 0 Å². The molecule has 1 aromatic rings. The van der Waals surface area contributed by atoms with E-state index in [4.69, 9.17) is 5.11 Å². The predicted molar refractivity (Wildman–Crippen MR) is 76.2 cm³/mol. The molecule has 1 aliphatic rings. The second-order valence-electron chi connectivity index (χ2n) is 4.94. The van der Waals surface area contributed by atoms with Crippen molar-refractivity contribution in [1.29, 1.82) is 0 Å². The number of benzene rings is 1. The van der Waals surface area contributed by atoms with E-state index >= 15 is 0 Å². The van der Waals surface area contributed by atoms with Crippen molar-refractivity contribution in [3.8, 4) is 0 Å². The van der Waals surface area contributed by atoms with Gasteiger partial charge in [-0.3, -0.25) is 9.59 Å². The third-order valence-electron chi connectivity index (χ3n) is 3.58. The lowest BCUT2D eigenvalue weighted by Gasteiger charge is -2.20. The minimum absolute atomic E-state index is 0.0505. The molecule has 1 N–H and O–H groups in total. The number of carbonyl (C=O) groups excluding carboxylic acids is 2. The quantitative estimate of drug-likeness (QED) is 0.903. The van der Waals surface area contributed by atoms with E-state index in [0.29, 0.717) is 25.2 Å². The Hall–Kier alpha value is -2.37. The summed E-state index contributed by atoms with van der Waals surface area (Å²) in [6.07, 6.45) is 0.749. The van der Waals surface area contributed by atoms with Crippen molar-refractivity contribution in [3.63, 3.8) is 0 Å². The lowest BCUT2D eigenvalue weighted by molar-refractivity contribution is -0.130. The van der Waals surface area contributed by atoms with Crippen molar-refractivity contribution in [2.24, 2.45) is 0 Å². The van der Waals surface area contributed by atoms with Gasteiger partial charge in [-0.25, -0.2) is 4.79 Å². The highest BCUT2D eigenvalue weighted by molar-refractivity contribution is 5.97. The Bertz CT molecular complexity index is 553. The van der Waals surface area contributed by atoms with Crippen molar-refractivity contribution in [2.45, 2.75) is 13.3 Å². The first-order valence-electron chi connectivity index (χ1n) is 6.93. The molecule has 1 heterocycles. The van der Waals surface area contributed by atoms with Crippen LogP contribution >= 0.6 is 0 Å². The topological polar surface area (TPSA) is 77.9 Å². The Morgan fingerprint density at radius 1 is 1.14 bits per heavy atom. The average Bonchev–Trinajstić information content (AvgIpc) is 2.68. The van der Waals surface area contributed by atoms with Crippen molar-refractivity contribution in [3.05, 3.63) is 35.4 Å². The summed E-state index contributed by atoms with van der Waals surface area (Å²) in [6, 6.07) is 5.76. The van der Waals surface area contributed by atoms with Gasteiger partial charge >= 0.3 is 5.97 Å². The molecule has 1 aromatic carbocycles. The van der Waals surface area contributed by atoms with Gasteiger partial charge in [0.25, 0.3) is 5.91 Å². The molecule has 0 saturated carbocycles. The average molecular weight is 290 g/mol. The molecule has 0 aliphatic carbocycles. The minimum Gasteiger partial charge on any atom is -0.478 e. The Morgan fingerprint density at radius 2 is 1.76 bits per heavy atom. The summed E-state index contributed by atoms with van der Waals surface area (Å²) in [7, 11) is 0. The molecule has 112 valence electrons. The minimum atomic E-state index is -1.03. The van der Waals surface area contributed by atoms with Crippen LogP contribution in [0.2, 0.25) is 0 Å². The highest BCUT2D eigenvalue weighted by Crippen LogP contribution is 2.11. The van der Waals surface area contributed by atoms with E-state index in [-0.39, 0.29) is 23.9 Å². The van der Waals surface area contributed by atoms with Crippen molar-refractivity contribution in [2.75, 3.05) is 26.2 Å². The zero-order valence-electron chi connectivity index (χ0n) is 11.9. The van der Waals surface area contributed by atoms with E-state index in [9.17, 15) is 14.4 Å². The van der Waals surface area contributed by atoms with E-state index in [1.54, 1.807) is 4.90 Å². The number of carboxylic acids is 1. The molecule has 0 radical (unpaired) electrons. The maximum absolute atomic E-state index is 12.4. The number of rotatable bonds is 3. The number of nitrogens with zero attached hydrogens (tertiary/aromatic N) is 2. The summed E-state index contributed by atoms with van der Waals surface area (Å²) < 4.78 is 0. The number of amides is 2. The van der Waals surface area contributed by atoms with Gasteiger partial charge in [0.15, 0.2) is 0 Å². The normalized spacial score (nSPS) is 15.8. The Labute approximate surface area is 123 Å². The zero-order valence-corrected chi connectivity index (χ0v) is 11.9. The first-order valence-corrected chi connectivity index (χ1v) is 6.93. The Balaban J connectivity index is 2.12. The summed E-state index contributed by atoms with van der Waals surface area (Å²) >= 11 is 0. The number of carboxylic acid groups (broad SMARTS) is 1. The second-order valence-corrected chi connectivity index (χ2v) is 4.94. The van der Waals surface area contributed by atoms with Gasteiger partial charge < -0.3 is 14.9 Å². The van der Waals surface area contributed by atoms with Gasteiger partial charge in [0.05, 0.1) is 5.56 Å². The van der Waals surface area contributed by atoms with Crippen LogP contribution < -0.4 is 0 Å². The first kappa shape index (κ1) is 15.0. The molecule has 0 aromatic heterocycles. The Kier molecular flexibility index (Phi) is 4.57. The molecule has 6 heteroatoms. The molecule has 2 rings (SSSR count). The van der Waals surface area contributed by atoms with Gasteiger partial charge in [-0.2, -0.15) is 0 Å². The van der Waals surface area contributed by atoms with E-state index in [0.717, 1.165) is 6.42 Å². The first-order chi connectivity index (χ1) is 10.0. The van der Waals surface area contributed by atoms with E-state index in [1.807, 2.05) is 6.92 Å². The van der Waals surface area contributed by atoms with Crippen LogP contribution in [-0.2, 0) is 4.79 Å². The maximum Gasteiger partial charge on any atom is 0.335 e. The largest absolute Gasteiger partial charge is 0.478 e. The standard InChI is InChI=1S/C15H18N2O4/c1-2-16-8-3-9-17(10-13(16)18)14(19)11-4-6-12(7-5-11)15(20)21/h4-7H,2-3,8-10H2,1H3,(H,20,21). The van der Waals surface area contributed by atoms with Crippen LogP contribution in [0.15, 0.2) is 24.3 Å². The molecular weight excluding hydrogens is 272 g/mol.